The van der Waals surface area contributed by atoms with E-state index in [0.29, 0.717) is 11.6 Å². The Balaban J connectivity index is 1.03. The molecule has 6 heteroatoms. The van der Waals surface area contributed by atoms with E-state index >= 15 is 0 Å². The van der Waals surface area contributed by atoms with Crippen molar-refractivity contribution in [2.24, 2.45) is 0 Å². The normalized spacial score (nSPS) is 11.7. The van der Waals surface area contributed by atoms with Crippen LogP contribution in [-0.4, -0.2) is 19.9 Å². The number of thiophene rings is 2. The monoisotopic (exact) mass is 800 g/mol. The van der Waals surface area contributed by atoms with E-state index in [1.54, 1.807) is 0 Å². The SMILES string of the molecule is c1ccc(-c2cc(-c3ccc(-c4ncc5ccccc5n4)cc3)nc(-c3cc(-c4ccc5sc6ccccc6c5c4)cc(-c4ccc5sc6ccccc6c5c4)c3)n2)cc1. The lowest BCUT2D eigenvalue weighted by Gasteiger charge is -2.13. The van der Waals surface area contributed by atoms with Gasteiger partial charge in [0.1, 0.15) is 0 Å². The van der Waals surface area contributed by atoms with Crippen LogP contribution in [0.15, 0.2) is 194 Å². The van der Waals surface area contributed by atoms with E-state index < -0.39 is 0 Å². The Morgan fingerprint density at radius 1 is 0.300 bits per heavy atom. The lowest BCUT2D eigenvalue weighted by atomic mass is 9.94. The van der Waals surface area contributed by atoms with Crippen molar-refractivity contribution in [3.63, 3.8) is 0 Å². The van der Waals surface area contributed by atoms with Gasteiger partial charge in [-0.1, -0.05) is 121 Å². The molecule has 0 unspecified atom stereocenters. The molecular weight excluding hydrogens is 769 g/mol. The van der Waals surface area contributed by atoms with Crippen molar-refractivity contribution < 1.29 is 0 Å². The molecule has 0 radical (unpaired) electrons. The van der Waals surface area contributed by atoms with Gasteiger partial charge in [-0.15, -0.1) is 22.7 Å². The van der Waals surface area contributed by atoms with Crippen molar-refractivity contribution in [1.82, 2.24) is 19.9 Å². The Labute approximate surface area is 353 Å². The van der Waals surface area contributed by atoms with Crippen LogP contribution in [0.1, 0.15) is 0 Å². The predicted molar refractivity (Wildman–Crippen MR) is 254 cm³/mol. The number of para-hydroxylation sites is 1. The fourth-order valence-corrected chi connectivity index (χ4v) is 10.5. The third kappa shape index (κ3) is 6.13. The average molecular weight is 801 g/mol. The zero-order chi connectivity index (χ0) is 39.6. The van der Waals surface area contributed by atoms with Gasteiger partial charge in [0.25, 0.3) is 0 Å². The number of hydrogen-bond donors (Lipinski definition) is 0. The molecule has 0 spiro atoms. The molecule has 4 nitrogen and oxygen atoms in total. The molecule has 4 heterocycles. The van der Waals surface area contributed by atoms with Gasteiger partial charge < -0.3 is 0 Å². The second-order valence-corrected chi connectivity index (χ2v) is 17.2. The summed E-state index contributed by atoms with van der Waals surface area (Å²) in [4.78, 5) is 20.2. The van der Waals surface area contributed by atoms with Crippen molar-refractivity contribution in [2.75, 3.05) is 0 Å². The van der Waals surface area contributed by atoms with E-state index in [1.807, 2.05) is 59.2 Å². The van der Waals surface area contributed by atoms with Gasteiger partial charge in [-0.25, -0.2) is 19.9 Å². The Kier molecular flexibility index (Phi) is 8.18. The van der Waals surface area contributed by atoms with E-state index in [2.05, 4.69) is 163 Å². The molecule has 0 saturated carbocycles. The van der Waals surface area contributed by atoms with E-state index in [4.69, 9.17) is 15.0 Å². The molecule has 8 aromatic carbocycles. The fourth-order valence-electron chi connectivity index (χ4n) is 8.28. The molecule has 0 fully saturated rings. The highest BCUT2D eigenvalue weighted by atomic mass is 32.1. The molecule has 0 aliphatic rings. The highest BCUT2D eigenvalue weighted by molar-refractivity contribution is 7.26. The van der Waals surface area contributed by atoms with Crippen LogP contribution in [0, 0.1) is 0 Å². The summed E-state index contributed by atoms with van der Waals surface area (Å²) in [5.74, 6) is 1.36. The first kappa shape index (κ1) is 34.6. The Bertz CT molecular complexity index is 3480. The Morgan fingerprint density at radius 2 is 0.800 bits per heavy atom. The summed E-state index contributed by atoms with van der Waals surface area (Å²) in [7, 11) is 0. The third-order valence-corrected chi connectivity index (χ3v) is 13.6. The fraction of sp³-hybridized carbons (Fsp3) is 0. The number of benzene rings is 8. The van der Waals surface area contributed by atoms with Gasteiger partial charge in [0.2, 0.25) is 0 Å². The summed E-state index contributed by atoms with van der Waals surface area (Å²) in [5.41, 5.74) is 11.1. The van der Waals surface area contributed by atoms with Gasteiger partial charge in [-0.05, 0) is 89.0 Å². The van der Waals surface area contributed by atoms with Crippen LogP contribution in [-0.2, 0) is 0 Å². The molecule has 60 heavy (non-hydrogen) atoms. The summed E-state index contributed by atoms with van der Waals surface area (Å²) >= 11 is 3.68. The molecule has 0 amide bonds. The minimum Gasteiger partial charge on any atom is -0.236 e. The van der Waals surface area contributed by atoms with Crippen LogP contribution in [0.4, 0.5) is 0 Å². The maximum absolute atomic E-state index is 5.34. The molecule has 12 aromatic rings. The van der Waals surface area contributed by atoms with E-state index in [9.17, 15) is 0 Å². The van der Waals surface area contributed by atoms with Gasteiger partial charge >= 0.3 is 0 Å². The molecule has 280 valence electrons. The number of aromatic nitrogens is 4. The first-order valence-electron chi connectivity index (χ1n) is 19.9. The van der Waals surface area contributed by atoms with E-state index in [-0.39, 0.29) is 0 Å². The van der Waals surface area contributed by atoms with Crippen LogP contribution in [0.3, 0.4) is 0 Å². The van der Waals surface area contributed by atoms with Gasteiger partial charge in [-0.2, -0.15) is 0 Å². The maximum Gasteiger partial charge on any atom is 0.160 e. The van der Waals surface area contributed by atoms with Crippen LogP contribution in [0.5, 0.6) is 0 Å². The lowest BCUT2D eigenvalue weighted by Crippen LogP contribution is -1.97. The van der Waals surface area contributed by atoms with Crippen molar-refractivity contribution in [2.45, 2.75) is 0 Å². The molecule has 0 N–H and O–H groups in total. The van der Waals surface area contributed by atoms with Crippen molar-refractivity contribution in [3.05, 3.63) is 194 Å². The standard InChI is InChI=1S/C54H32N4S2/c1-2-10-33(11-3-1)47-31-48(34-18-20-35(21-19-34)53-55-32-38-12-4-7-15-46(38)56-53)58-54(57-47)41-27-39(36-22-24-51-44(29-36)42-13-5-8-16-49(42)59-51)26-40(28-41)37-23-25-52-45(30-37)43-14-6-9-17-50(43)60-52/h1-32H. The molecule has 0 saturated heterocycles. The summed E-state index contributed by atoms with van der Waals surface area (Å²) in [6, 6.07) is 66.9. The number of fused-ring (bicyclic) bond motifs is 7. The van der Waals surface area contributed by atoms with Crippen LogP contribution in [0.25, 0.3) is 119 Å². The predicted octanol–water partition coefficient (Wildman–Crippen LogP) is 15.2. The largest absolute Gasteiger partial charge is 0.236 e. The highest BCUT2D eigenvalue weighted by Gasteiger charge is 2.16. The second kappa shape index (κ2) is 14.2. The lowest BCUT2D eigenvalue weighted by molar-refractivity contribution is 1.18. The van der Waals surface area contributed by atoms with Crippen molar-refractivity contribution in [1.29, 1.82) is 0 Å². The van der Waals surface area contributed by atoms with Crippen LogP contribution in [0.2, 0.25) is 0 Å². The summed E-state index contributed by atoms with van der Waals surface area (Å²) in [5, 5.41) is 6.13. The topological polar surface area (TPSA) is 51.6 Å². The van der Waals surface area contributed by atoms with E-state index in [1.165, 1.54) is 40.3 Å². The molecule has 0 aliphatic heterocycles. The maximum atomic E-state index is 5.34. The van der Waals surface area contributed by atoms with Gasteiger partial charge in [-0.3, -0.25) is 0 Å². The smallest absolute Gasteiger partial charge is 0.160 e. The minimum absolute atomic E-state index is 0.667. The molecule has 0 atom stereocenters. The van der Waals surface area contributed by atoms with Gasteiger partial charge in [0, 0.05) is 74.2 Å². The van der Waals surface area contributed by atoms with Crippen LogP contribution >= 0.6 is 22.7 Å². The molecule has 12 rings (SSSR count). The molecule has 4 aromatic heterocycles. The van der Waals surface area contributed by atoms with Gasteiger partial charge in [0.15, 0.2) is 11.6 Å². The molecular formula is C54H32N4S2. The first-order valence-corrected chi connectivity index (χ1v) is 21.6. The minimum atomic E-state index is 0.667. The van der Waals surface area contributed by atoms with Gasteiger partial charge in [0.05, 0.1) is 16.9 Å². The number of rotatable bonds is 6. The number of nitrogens with zero attached hydrogens (tertiary/aromatic N) is 4. The summed E-state index contributed by atoms with van der Waals surface area (Å²) in [6.07, 6.45) is 1.89. The number of hydrogen-bond acceptors (Lipinski definition) is 6. The summed E-state index contributed by atoms with van der Waals surface area (Å²) in [6.45, 7) is 0. The second-order valence-electron chi connectivity index (χ2n) is 15.1. The quantitative estimate of drug-likeness (QED) is 0.168. The van der Waals surface area contributed by atoms with Crippen molar-refractivity contribution in [3.8, 4) is 67.5 Å². The highest BCUT2D eigenvalue weighted by Crippen LogP contribution is 2.41. The summed E-state index contributed by atoms with van der Waals surface area (Å²) < 4.78 is 5.17. The molecule has 0 bridgehead atoms. The average Bonchev–Trinajstić information content (AvgIpc) is 3.89. The Morgan fingerprint density at radius 3 is 1.45 bits per heavy atom. The molecule has 0 aliphatic carbocycles. The Hall–Kier alpha value is -7.38. The third-order valence-electron chi connectivity index (χ3n) is 11.3. The van der Waals surface area contributed by atoms with E-state index in [0.717, 1.165) is 66.8 Å². The first-order chi connectivity index (χ1) is 29.7. The van der Waals surface area contributed by atoms with Crippen molar-refractivity contribution >= 4 is 73.9 Å². The zero-order valence-electron chi connectivity index (χ0n) is 32.1. The van der Waals surface area contributed by atoms with Crippen LogP contribution < -0.4 is 0 Å². The zero-order valence-corrected chi connectivity index (χ0v) is 33.7.